The molecular formula is C15H26N4. The molecule has 1 N–H and O–H groups in total. The first-order valence-corrected chi connectivity index (χ1v) is 7.33. The lowest BCUT2D eigenvalue weighted by Crippen LogP contribution is -2.44. The zero-order chi connectivity index (χ0) is 13.7. The van der Waals surface area contributed by atoms with Crippen LogP contribution in [-0.4, -0.2) is 49.7 Å². The van der Waals surface area contributed by atoms with Gasteiger partial charge >= 0.3 is 0 Å². The first kappa shape index (κ1) is 14.3. The van der Waals surface area contributed by atoms with Crippen LogP contribution in [0.1, 0.15) is 31.9 Å². The molecule has 4 heteroatoms. The number of hydrogen-bond donors (Lipinski definition) is 1. The lowest BCUT2D eigenvalue weighted by molar-refractivity contribution is 0.312. The Kier molecular flexibility index (Phi) is 5.16. The summed E-state index contributed by atoms with van der Waals surface area (Å²) in [4.78, 5) is 9.36. The van der Waals surface area contributed by atoms with Gasteiger partial charge in [-0.2, -0.15) is 0 Å². The Morgan fingerprint density at radius 3 is 2.58 bits per heavy atom. The maximum atomic E-state index is 4.62. The highest BCUT2D eigenvalue weighted by molar-refractivity contribution is 5.40. The highest BCUT2D eigenvalue weighted by atomic mass is 15.3. The van der Waals surface area contributed by atoms with Crippen molar-refractivity contribution in [2.45, 2.75) is 26.3 Å². The van der Waals surface area contributed by atoms with E-state index in [4.69, 9.17) is 0 Å². The van der Waals surface area contributed by atoms with E-state index in [2.05, 4.69) is 53.1 Å². The van der Waals surface area contributed by atoms with Crippen molar-refractivity contribution >= 4 is 5.82 Å². The molecule has 0 spiro atoms. The average molecular weight is 262 g/mol. The number of likely N-dealkylation sites (N-methyl/N-ethyl adjacent to an activating group) is 1. The zero-order valence-corrected chi connectivity index (χ0v) is 12.4. The third-order valence-corrected chi connectivity index (χ3v) is 3.80. The quantitative estimate of drug-likeness (QED) is 0.878. The molecule has 0 amide bonds. The molecule has 1 aromatic heterocycles. The molecule has 0 aromatic carbocycles. The second kappa shape index (κ2) is 6.87. The molecule has 1 unspecified atom stereocenters. The van der Waals surface area contributed by atoms with Crippen LogP contribution >= 0.6 is 0 Å². The molecule has 0 saturated carbocycles. The summed E-state index contributed by atoms with van der Waals surface area (Å²) in [5.41, 5.74) is 1.27. The smallest absolute Gasteiger partial charge is 0.128 e. The lowest BCUT2D eigenvalue weighted by Gasteiger charge is -2.33. The maximum absolute atomic E-state index is 4.62. The first-order valence-electron chi connectivity index (χ1n) is 7.33. The Morgan fingerprint density at radius 2 is 2.00 bits per heavy atom. The van der Waals surface area contributed by atoms with Crippen molar-refractivity contribution in [1.29, 1.82) is 0 Å². The maximum Gasteiger partial charge on any atom is 0.128 e. The normalized spacial score (nSPS) is 18.6. The van der Waals surface area contributed by atoms with Gasteiger partial charge < -0.3 is 15.1 Å². The van der Waals surface area contributed by atoms with Crippen molar-refractivity contribution in [3.63, 3.8) is 0 Å². The summed E-state index contributed by atoms with van der Waals surface area (Å²) in [5, 5.41) is 3.49. The van der Waals surface area contributed by atoms with E-state index >= 15 is 0 Å². The fraction of sp³-hybridized carbons (Fsp3) is 0.667. The number of hydrogen-bond acceptors (Lipinski definition) is 4. The molecule has 0 radical (unpaired) electrons. The van der Waals surface area contributed by atoms with Crippen LogP contribution in [0.3, 0.4) is 0 Å². The minimum absolute atomic E-state index is 0.383. The molecule has 1 fully saturated rings. The molecule has 2 heterocycles. The molecule has 1 aromatic rings. The van der Waals surface area contributed by atoms with Gasteiger partial charge in [-0.05, 0) is 38.6 Å². The number of anilines is 1. The average Bonchev–Trinajstić information content (AvgIpc) is 2.46. The molecule has 4 nitrogen and oxygen atoms in total. The summed E-state index contributed by atoms with van der Waals surface area (Å²) in [6, 6.07) is 4.74. The van der Waals surface area contributed by atoms with Crippen LogP contribution in [0.15, 0.2) is 18.3 Å². The van der Waals surface area contributed by atoms with Gasteiger partial charge in [0.25, 0.3) is 0 Å². The van der Waals surface area contributed by atoms with E-state index in [0.717, 1.165) is 45.0 Å². The summed E-state index contributed by atoms with van der Waals surface area (Å²) in [5.74, 6) is 1.11. The fourth-order valence-corrected chi connectivity index (χ4v) is 2.35. The summed E-state index contributed by atoms with van der Waals surface area (Å²) < 4.78 is 0. The van der Waals surface area contributed by atoms with Crippen LogP contribution in [0.2, 0.25) is 0 Å². The SMILES string of the molecule is CCCNC(C)c1ccc(N2CCN(C)CC2)nc1. The van der Waals surface area contributed by atoms with Crippen molar-refractivity contribution in [3.8, 4) is 0 Å². The van der Waals surface area contributed by atoms with Crippen LogP contribution in [0.4, 0.5) is 5.82 Å². The Hall–Kier alpha value is -1.13. The van der Waals surface area contributed by atoms with Gasteiger partial charge in [0.2, 0.25) is 0 Å². The lowest BCUT2D eigenvalue weighted by atomic mass is 10.1. The predicted octanol–water partition coefficient (Wildman–Crippen LogP) is 1.89. The summed E-state index contributed by atoms with van der Waals surface area (Å²) in [7, 11) is 2.18. The third-order valence-electron chi connectivity index (χ3n) is 3.80. The first-order chi connectivity index (χ1) is 9.20. The Labute approximate surface area is 116 Å². The second-order valence-electron chi connectivity index (χ2n) is 5.42. The topological polar surface area (TPSA) is 31.4 Å². The summed E-state index contributed by atoms with van der Waals surface area (Å²) >= 11 is 0. The largest absolute Gasteiger partial charge is 0.354 e. The van der Waals surface area contributed by atoms with Gasteiger partial charge in [-0.25, -0.2) is 4.98 Å². The molecule has 106 valence electrons. The van der Waals surface area contributed by atoms with Gasteiger partial charge in [0, 0.05) is 38.4 Å². The predicted molar refractivity (Wildman–Crippen MR) is 80.7 cm³/mol. The second-order valence-corrected chi connectivity index (χ2v) is 5.42. The van der Waals surface area contributed by atoms with Crippen LogP contribution in [-0.2, 0) is 0 Å². The van der Waals surface area contributed by atoms with Gasteiger partial charge in [0.15, 0.2) is 0 Å². The molecule has 1 aliphatic rings. The molecule has 0 aliphatic carbocycles. The minimum Gasteiger partial charge on any atom is -0.354 e. The van der Waals surface area contributed by atoms with Gasteiger partial charge in [0.1, 0.15) is 5.82 Å². The van der Waals surface area contributed by atoms with E-state index in [1.807, 2.05) is 6.20 Å². The fourth-order valence-electron chi connectivity index (χ4n) is 2.35. The van der Waals surface area contributed by atoms with Crippen molar-refractivity contribution < 1.29 is 0 Å². The Bertz CT molecular complexity index is 368. The standard InChI is InChI=1S/C15H26N4/c1-4-7-16-13(2)14-5-6-15(17-12-14)19-10-8-18(3)9-11-19/h5-6,12-13,16H,4,7-11H2,1-3H3. The monoisotopic (exact) mass is 262 g/mol. The van der Waals surface area contributed by atoms with Crippen molar-refractivity contribution in [1.82, 2.24) is 15.2 Å². The van der Waals surface area contributed by atoms with Gasteiger partial charge in [-0.3, -0.25) is 0 Å². The van der Waals surface area contributed by atoms with Crippen LogP contribution in [0.25, 0.3) is 0 Å². The molecule has 19 heavy (non-hydrogen) atoms. The van der Waals surface area contributed by atoms with Crippen LogP contribution in [0, 0.1) is 0 Å². The van der Waals surface area contributed by atoms with Crippen molar-refractivity contribution in [2.24, 2.45) is 0 Å². The number of nitrogens with one attached hydrogen (secondary N) is 1. The minimum atomic E-state index is 0.383. The van der Waals surface area contributed by atoms with E-state index in [-0.39, 0.29) is 0 Å². The third kappa shape index (κ3) is 3.91. The van der Waals surface area contributed by atoms with E-state index in [1.165, 1.54) is 5.56 Å². The molecular weight excluding hydrogens is 236 g/mol. The van der Waals surface area contributed by atoms with Crippen LogP contribution < -0.4 is 10.2 Å². The van der Waals surface area contributed by atoms with Crippen LogP contribution in [0.5, 0.6) is 0 Å². The van der Waals surface area contributed by atoms with E-state index in [0.29, 0.717) is 6.04 Å². The summed E-state index contributed by atoms with van der Waals surface area (Å²) in [6.07, 6.45) is 3.18. The van der Waals surface area contributed by atoms with Gasteiger partial charge in [-0.1, -0.05) is 13.0 Å². The highest BCUT2D eigenvalue weighted by Crippen LogP contribution is 2.17. The zero-order valence-electron chi connectivity index (χ0n) is 12.4. The summed E-state index contributed by atoms with van der Waals surface area (Å²) in [6.45, 7) is 9.84. The number of pyridine rings is 1. The molecule has 1 atom stereocenters. The van der Waals surface area contributed by atoms with E-state index < -0.39 is 0 Å². The number of nitrogens with zero attached hydrogens (tertiary/aromatic N) is 3. The van der Waals surface area contributed by atoms with Crippen molar-refractivity contribution in [2.75, 3.05) is 44.7 Å². The Morgan fingerprint density at radius 1 is 1.26 bits per heavy atom. The number of rotatable bonds is 5. The van der Waals surface area contributed by atoms with Gasteiger partial charge in [0.05, 0.1) is 0 Å². The molecule has 1 aliphatic heterocycles. The molecule has 1 saturated heterocycles. The molecule has 0 bridgehead atoms. The van der Waals surface area contributed by atoms with E-state index in [1.54, 1.807) is 0 Å². The van der Waals surface area contributed by atoms with Gasteiger partial charge in [-0.15, -0.1) is 0 Å². The van der Waals surface area contributed by atoms with Crippen molar-refractivity contribution in [3.05, 3.63) is 23.9 Å². The Balaban J connectivity index is 1.94. The highest BCUT2D eigenvalue weighted by Gasteiger charge is 2.15. The number of aromatic nitrogens is 1. The molecule has 2 rings (SSSR count). The number of piperazine rings is 1. The van der Waals surface area contributed by atoms with E-state index in [9.17, 15) is 0 Å².